The second-order valence-corrected chi connectivity index (χ2v) is 7.23. The maximum absolute atomic E-state index is 13.2. The Bertz CT molecular complexity index is 856. The van der Waals surface area contributed by atoms with Crippen LogP contribution in [0.1, 0.15) is 25.8 Å². The van der Waals surface area contributed by atoms with Crippen LogP contribution in [0.5, 0.6) is 11.8 Å². The van der Waals surface area contributed by atoms with Crippen LogP contribution in [-0.2, 0) is 0 Å². The van der Waals surface area contributed by atoms with E-state index < -0.39 is 23.7 Å². The van der Waals surface area contributed by atoms with Crippen molar-refractivity contribution in [2.24, 2.45) is 5.92 Å². The van der Waals surface area contributed by atoms with Crippen LogP contribution >= 0.6 is 0 Å². The number of aryl methyl sites for hydroxylation is 1. The molecule has 2 aromatic rings. The van der Waals surface area contributed by atoms with Crippen molar-refractivity contribution in [1.29, 1.82) is 0 Å². The molecular weight excluding hydrogens is 373 g/mol. The SMILES string of the molecule is Cc1cc(Oc2ncccn2)ccc1NC(=O)N1CCC(C(F)(F)F)C1(C)C. The van der Waals surface area contributed by atoms with E-state index in [9.17, 15) is 18.0 Å². The Labute approximate surface area is 160 Å². The molecular formula is C19H21F3N4O2. The third-order valence-electron chi connectivity index (χ3n) is 5.02. The van der Waals surface area contributed by atoms with Crippen molar-refractivity contribution in [2.75, 3.05) is 11.9 Å². The van der Waals surface area contributed by atoms with Gasteiger partial charge in [0.25, 0.3) is 0 Å². The van der Waals surface area contributed by atoms with E-state index in [1.807, 2.05) is 0 Å². The van der Waals surface area contributed by atoms with Gasteiger partial charge in [0.1, 0.15) is 5.75 Å². The minimum absolute atomic E-state index is 0.0502. The third kappa shape index (κ3) is 4.02. The van der Waals surface area contributed by atoms with Gasteiger partial charge in [-0.05, 0) is 57.0 Å². The zero-order valence-corrected chi connectivity index (χ0v) is 15.7. The number of alkyl halides is 3. The van der Waals surface area contributed by atoms with E-state index >= 15 is 0 Å². The predicted octanol–water partition coefficient (Wildman–Crippen LogP) is 4.77. The molecule has 1 unspecified atom stereocenters. The summed E-state index contributed by atoms with van der Waals surface area (Å²) in [4.78, 5) is 21.8. The number of carbonyl (C=O) groups is 1. The molecule has 0 saturated carbocycles. The van der Waals surface area contributed by atoms with Gasteiger partial charge in [0.05, 0.1) is 11.5 Å². The average molecular weight is 394 g/mol. The largest absolute Gasteiger partial charge is 0.424 e. The lowest BCUT2D eigenvalue weighted by molar-refractivity contribution is -0.189. The number of nitrogens with zero attached hydrogens (tertiary/aromatic N) is 3. The second kappa shape index (κ2) is 7.29. The first-order chi connectivity index (χ1) is 13.1. The minimum Gasteiger partial charge on any atom is -0.424 e. The van der Waals surface area contributed by atoms with E-state index in [0.29, 0.717) is 17.0 Å². The van der Waals surface area contributed by atoms with Gasteiger partial charge in [0.15, 0.2) is 0 Å². The molecule has 2 heterocycles. The molecule has 6 nitrogen and oxygen atoms in total. The lowest BCUT2D eigenvalue weighted by Crippen LogP contribution is -2.51. The number of urea groups is 1. The molecule has 1 fully saturated rings. The predicted molar refractivity (Wildman–Crippen MR) is 97.3 cm³/mol. The van der Waals surface area contributed by atoms with E-state index in [0.717, 1.165) is 0 Å². The zero-order chi connectivity index (χ0) is 20.5. The van der Waals surface area contributed by atoms with Crippen molar-refractivity contribution in [3.63, 3.8) is 0 Å². The first kappa shape index (κ1) is 19.9. The second-order valence-electron chi connectivity index (χ2n) is 7.23. The Hall–Kier alpha value is -2.84. The van der Waals surface area contributed by atoms with Crippen molar-refractivity contribution in [1.82, 2.24) is 14.9 Å². The Morgan fingerprint density at radius 2 is 1.96 bits per heavy atom. The number of hydrogen-bond donors (Lipinski definition) is 1. The molecule has 0 spiro atoms. The summed E-state index contributed by atoms with van der Waals surface area (Å²) >= 11 is 0. The van der Waals surface area contributed by atoms with Gasteiger partial charge in [-0.3, -0.25) is 0 Å². The Morgan fingerprint density at radius 3 is 2.54 bits per heavy atom. The van der Waals surface area contributed by atoms with Crippen LogP contribution in [0.4, 0.5) is 23.7 Å². The van der Waals surface area contributed by atoms with Crippen molar-refractivity contribution in [3.05, 3.63) is 42.2 Å². The molecule has 1 aliphatic rings. The van der Waals surface area contributed by atoms with Crippen LogP contribution < -0.4 is 10.1 Å². The number of anilines is 1. The molecule has 2 amide bonds. The van der Waals surface area contributed by atoms with Crippen molar-refractivity contribution in [2.45, 2.75) is 38.9 Å². The van der Waals surface area contributed by atoms with Gasteiger partial charge in [-0.25, -0.2) is 14.8 Å². The molecule has 1 atom stereocenters. The van der Waals surface area contributed by atoms with Gasteiger partial charge in [-0.2, -0.15) is 13.2 Å². The van der Waals surface area contributed by atoms with Crippen molar-refractivity contribution in [3.8, 4) is 11.8 Å². The first-order valence-electron chi connectivity index (χ1n) is 8.80. The fraction of sp³-hybridized carbons (Fsp3) is 0.421. The Morgan fingerprint density at radius 1 is 1.29 bits per heavy atom. The van der Waals surface area contributed by atoms with Crippen LogP contribution in [-0.4, -0.2) is 39.2 Å². The lowest BCUT2D eigenvalue weighted by Gasteiger charge is -2.36. The summed E-state index contributed by atoms with van der Waals surface area (Å²) < 4.78 is 45.2. The third-order valence-corrected chi connectivity index (χ3v) is 5.02. The summed E-state index contributed by atoms with van der Waals surface area (Å²) in [5.41, 5.74) is -0.118. The van der Waals surface area contributed by atoms with Crippen molar-refractivity contribution < 1.29 is 22.7 Å². The van der Waals surface area contributed by atoms with Gasteiger partial charge < -0.3 is 15.0 Å². The summed E-state index contributed by atoms with van der Waals surface area (Å²) in [7, 11) is 0. The van der Waals surface area contributed by atoms with Crippen LogP contribution in [0.15, 0.2) is 36.7 Å². The molecule has 0 aliphatic carbocycles. The standard InChI is InChI=1S/C19H21F3N4O2/c1-12-11-13(28-16-23-8-4-9-24-16)5-6-14(12)25-17(27)26-10-7-15(18(26,2)3)19(20,21)22/h4-6,8-9,11,15H,7,10H2,1-3H3,(H,25,27). The quantitative estimate of drug-likeness (QED) is 0.814. The molecule has 3 rings (SSSR count). The lowest BCUT2D eigenvalue weighted by atomic mass is 9.88. The monoisotopic (exact) mass is 394 g/mol. The number of likely N-dealkylation sites (tertiary alicyclic amines) is 1. The molecule has 1 saturated heterocycles. The molecule has 1 aliphatic heterocycles. The summed E-state index contributed by atoms with van der Waals surface area (Å²) in [6.45, 7) is 4.71. The smallest absolute Gasteiger partial charge is 0.394 e. The maximum atomic E-state index is 13.2. The number of halogens is 3. The van der Waals surface area contributed by atoms with E-state index in [-0.39, 0.29) is 19.0 Å². The van der Waals surface area contributed by atoms with Crippen molar-refractivity contribution >= 4 is 11.7 Å². The molecule has 1 N–H and O–H groups in total. The highest BCUT2D eigenvalue weighted by Gasteiger charge is 2.56. The van der Waals surface area contributed by atoms with Gasteiger partial charge in [0.2, 0.25) is 0 Å². The van der Waals surface area contributed by atoms with Gasteiger partial charge in [0, 0.05) is 24.6 Å². The number of hydrogen-bond acceptors (Lipinski definition) is 4. The highest BCUT2D eigenvalue weighted by Crippen LogP contribution is 2.44. The summed E-state index contributed by atoms with van der Waals surface area (Å²) in [5, 5.41) is 2.70. The van der Waals surface area contributed by atoms with Gasteiger partial charge in [-0.1, -0.05) is 0 Å². The fourth-order valence-corrected chi connectivity index (χ4v) is 3.48. The normalized spacial score (nSPS) is 18.8. The number of aromatic nitrogens is 2. The summed E-state index contributed by atoms with van der Waals surface area (Å²) in [6, 6.07) is 6.26. The van der Waals surface area contributed by atoms with E-state index in [1.54, 1.807) is 43.6 Å². The Kier molecular flexibility index (Phi) is 5.18. The zero-order valence-electron chi connectivity index (χ0n) is 15.7. The molecule has 0 radical (unpaired) electrons. The average Bonchev–Trinajstić information content (AvgIpc) is 2.93. The molecule has 1 aromatic carbocycles. The summed E-state index contributed by atoms with van der Waals surface area (Å²) in [5.74, 6) is -1.06. The van der Waals surface area contributed by atoms with E-state index in [1.165, 1.54) is 18.7 Å². The first-order valence-corrected chi connectivity index (χ1v) is 8.80. The molecule has 150 valence electrons. The van der Waals surface area contributed by atoms with Gasteiger partial charge >= 0.3 is 18.2 Å². The topological polar surface area (TPSA) is 67.4 Å². The number of ether oxygens (including phenoxy) is 1. The highest BCUT2D eigenvalue weighted by molar-refractivity contribution is 5.91. The fourth-order valence-electron chi connectivity index (χ4n) is 3.48. The molecule has 1 aromatic heterocycles. The molecule has 0 bridgehead atoms. The van der Waals surface area contributed by atoms with Crippen LogP contribution in [0, 0.1) is 12.8 Å². The maximum Gasteiger partial charge on any atom is 0.394 e. The number of nitrogens with one attached hydrogen (secondary N) is 1. The molecule has 9 heteroatoms. The van der Waals surface area contributed by atoms with Gasteiger partial charge in [-0.15, -0.1) is 0 Å². The highest BCUT2D eigenvalue weighted by atomic mass is 19.4. The van der Waals surface area contributed by atoms with Crippen LogP contribution in [0.25, 0.3) is 0 Å². The number of carbonyl (C=O) groups excluding carboxylic acids is 1. The Balaban J connectivity index is 1.71. The van der Waals surface area contributed by atoms with E-state index in [4.69, 9.17) is 4.74 Å². The number of amides is 2. The molecule has 28 heavy (non-hydrogen) atoms. The minimum atomic E-state index is -4.34. The summed E-state index contributed by atoms with van der Waals surface area (Å²) in [6.07, 6.45) is -1.34. The number of rotatable bonds is 3. The van der Waals surface area contributed by atoms with E-state index in [2.05, 4.69) is 15.3 Å². The van der Waals surface area contributed by atoms with Crippen LogP contribution in [0.2, 0.25) is 0 Å². The van der Waals surface area contributed by atoms with Crippen LogP contribution in [0.3, 0.4) is 0 Å². The number of benzene rings is 1.